The number of fused-ring (bicyclic) bond motifs is 1. The zero-order valence-electron chi connectivity index (χ0n) is 33.5. The molecule has 2 aromatic carbocycles. The lowest BCUT2D eigenvalue weighted by Crippen LogP contribution is -2.54. The first-order chi connectivity index (χ1) is 25.7. The Labute approximate surface area is 320 Å². The van der Waals surface area contributed by atoms with E-state index in [0.717, 1.165) is 83.9 Å². The summed E-state index contributed by atoms with van der Waals surface area (Å²) < 4.78 is 27.3. The number of rotatable bonds is 11. The number of nitrogens with zero attached hydrogens (tertiary/aromatic N) is 5. The summed E-state index contributed by atoms with van der Waals surface area (Å²) in [4.78, 5) is 33.4. The molecule has 3 aliphatic rings. The summed E-state index contributed by atoms with van der Waals surface area (Å²) in [7, 11) is 5.20. The van der Waals surface area contributed by atoms with Crippen molar-refractivity contribution in [1.82, 2.24) is 19.3 Å². The zero-order valence-corrected chi connectivity index (χ0v) is 33.5. The second kappa shape index (κ2) is 15.3. The Kier molecular flexibility index (Phi) is 11.2. The molecule has 2 aliphatic heterocycles. The molecule has 0 bridgehead atoms. The van der Waals surface area contributed by atoms with E-state index < -0.39 is 12.1 Å². The van der Waals surface area contributed by atoms with E-state index in [0.29, 0.717) is 19.5 Å². The highest BCUT2D eigenvalue weighted by Crippen LogP contribution is 2.47. The third kappa shape index (κ3) is 7.45. The van der Waals surface area contributed by atoms with Gasteiger partial charge in [-0.15, -0.1) is 0 Å². The Balaban J connectivity index is 1.21. The van der Waals surface area contributed by atoms with Crippen molar-refractivity contribution in [3.63, 3.8) is 0 Å². The smallest absolute Gasteiger partial charge is 0.264 e. The van der Waals surface area contributed by atoms with E-state index in [9.17, 15) is 19.2 Å². The molecule has 2 fully saturated rings. The number of methoxy groups -OCH3 is 2. The average molecular weight is 738 g/mol. The van der Waals surface area contributed by atoms with Crippen molar-refractivity contribution in [1.29, 1.82) is 5.26 Å². The number of hydrogen-bond donors (Lipinski definition) is 0. The van der Waals surface area contributed by atoms with Gasteiger partial charge in [0.2, 0.25) is 0 Å². The number of aryl methyl sites for hydroxylation is 1. The summed E-state index contributed by atoms with van der Waals surface area (Å²) in [5.74, 6) is 1.37. The van der Waals surface area contributed by atoms with Gasteiger partial charge in [-0.25, -0.2) is 0 Å². The fourth-order valence-corrected chi connectivity index (χ4v) is 8.69. The molecule has 1 aromatic heterocycles. The molecule has 10 heteroatoms. The van der Waals surface area contributed by atoms with Crippen LogP contribution >= 0.6 is 0 Å². The maximum absolute atomic E-state index is 13.8. The summed E-state index contributed by atoms with van der Waals surface area (Å²) in [6, 6.07) is 12.5. The summed E-state index contributed by atoms with van der Waals surface area (Å²) in [6.07, 6.45) is 6.36. The quantitative estimate of drug-likeness (QED) is 0.154. The number of pyridine rings is 1. The number of aromatic nitrogens is 1. The lowest BCUT2D eigenvalue weighted by Gasteiger charge is -2.44. The van der Waals surface area contributed by atoms with Gasteiger partial charge >= 0.3 is 0 Å². The zero-order chi connectivity index (χ0) is 39.1. The predicted octanol–water partition coefficient (Wildman–Crippen LogP) is 7.06. The minimum absolute atomic E-state index is 0.00513. The maximum atomic E-state index is 13.8. The van der Waals surface area contributed by atoms with Crippen LogP contribution in [0.5, 0.6) is 11.5 Å². The van der Waals surface area contributed by atoms with Crippen molar-refractivity contribution in [3.8, 4) is 28.7 Å². The standard InChI is InChI=1S/C44H56FN5O4/c1-28(2)40-35-12-10-11-31(34(35)13-16-50(40)42(52)33(22-46)21-43(5,6)26-45)23-48-17-18-49(44(27-48)14-15-44)25-37-38(53-8)19-32(20-39(37)54-9)36-24-47(7)41(51)30(4)29(36)3/h10-12,19-21,24,28,40H,13-18,23,25-27H2,1-9H3/b33-21+/t40-/m1/s1. The number of hydrogen-bond acceptors (Lipinski definition) is 7. The first kappa shape index (κ1) is 39.2. The van der Waals surface area contributed by atoms with Crippen molar-refractivity contribution in [3.05, 3.63) is 91.9 Å². The van der Waals surface area contributed by atoms with E-state index in [1.165, 1.54) is 17.2 Å². The van der Waals surface area contributed by atoms with Gasteiger partial charge in [0.1, 0.15) is 23.1 Å². The SMILES string of the molecule is COc1cc(-c2cn(C)c(=O)c(C)c2C)cc(OC)c1CN1CCN(Cc2cccc3c2CCN(C(=O)/C(C#N)=C/C(C)(C)CF)[C@@H]3C(C)C)CC12CC2. The van der Waals surface area contributed by atoms with E-state index in [1.807, 2.05) is 24.9 Å². The van der Waals surface area contributed by atoms with Crippen LogP contribution in [0.15, 0.2) is 53.0 Å². The molecular weight excluding hydrogens is 682 g/mol. The number of allylic oxidation sites excluding steroid dienone is 1. The average Bonchev–Trinajstić information content (AvgIpc) is 3.93. The van der Waals surface area contributed by atoms with Crippen LogP contribution in [0, 0.1) is 36.5 Å². The van der Waals surface area contributed by atoms with E-state index >= 15 is 0 Å². The summed E-state index contributed by atoms with van der Waals surface area (Å²) >= 11 is 0. The third-order valence-corrected chi connectivity index (χ3v) is 12.0. The van der Waals surface area contributed by atoms with Crippen LogP contribution in [-0.2, 0) is 31.4 Å². The van der Waals surface area contributed by atoms with E-state index in [-0.39, 0.29) is 34.5 Å². The fourth-order valence-electron chi connectivity index (χ4n) is 8.69. The minimum atomic E-state index is -0.884. The number of amides is 1. The largest absolute Gasteiger partial charge is 0.496 e. The number of ether oxygens (including phenoxy) is 2. The molecule has 6 rings (SSSR count). The topological polar surface area (TPSA) is 91.0 Å². The molecule has 0 N–H and O–H groups in total. The van der Waals surface area contributed by atoms with Crippen molar-refractivity contribution < 1.29 is 18.7 Å². The van der Waals surface area contributed by atoms with Gasteiger partial charge in [0.05, 0.1) is 32.5 Å². The van der Waals surface area contributed by atoms with Gasteiger partial charge in [-0.05, 0) is 79.0 Å². The fraction of sp³-hybridized carbons (Fsp3) is 0.523. The molecular formula is C44H56FN5O4. The molecule has 0 radical (unpaired) electrons. The second-order valence-corrected chi connectivity index (χ2v) is 16.6. The van der Waals surface area contributed by atoms with E-state index in [2.05, 4.69) is 60.0 Å². The second-order valence-electron chi connectivity index (χ2n) is 16.6. The van der Waals surface area contributed by atoms with Crippen LogP contribution in [0.25, 0.3) is 11.1 Å². The number of piperazine rings is 1. The van der Waals surface area contributed by atoms with Crippen LogP contribution in [0.3, 0.4) is 0 Å². The first-order valence-electron chi connectivity index (χ1n) is 19.2. The molecule has 1 atom stereocenters. The van der Waals surface area contributed by atoms with Gasteiger partial charge in [-0.2, -0.15) is 5.26 Å². The molecule has 54 heavy (non-hydrogen) atoms. The normalized spacial score (nSPS) is 18.8. The van der Waals surface area contributed by atoms with Crippen molar-refractivity contribution in [2.45, 2.75) is 85.5 Å². The highest BCUT2D eigenvalue weighted by atomic mass is 19.1. The number of halogens is 1. The molecule has 3 aromatic rings. The van der Waals surface area contributed by atoms with Gasteiger partial charge in [-0.3, -0.25) is 23.8 Å². The molecule has 1 spiro atoms. The number of carbonyl (C=O) groups excluding carboxylic acids is 1. The van der Waals surface area contributed by atoms with Crippen LogP contribution in [0.2, 0.25) is 0 Å². The number of benzene rings is 2. The summed E-state index contributed by atoms with van der Waals surface area (Å²) in [5, 5.41) is 9.90. The molecule has 1 amide bonds. The highest BCUT2D eigenvalue weighted by Gasteiger charge is 2.51. The Hall–Kier alpha value is -4.46. The van der Waals surface area contributed by atoms with Gasteiger partial charge in [-0.1, -0.05) is 52.0 Å². The van der Waals surface area contributed by atoms with Crippen LogP contribution in [-0.4, -0.2) is 77.8 Å². The Morgan fingerprint density at radius 2 is 1.76 bits per heavy atom. The Bertz CT molecular complexity index is 2030. The number of carbonyl (C=O) groups is 1. The van der Waals surface area contributed by atoms with Crippen molar-refractivity contribution in [2.24, 2.45) is 18.4 Å². The highest BCUT2D eigenvalue weighted by molar-refractivity contribution is 5.97. The summed E-state index contributed by atoms with van der Waals surface area (Å²) in [5.41, 5.74) is 7.62. The lowest BCUT2D eigenvalue weighted by molar-refractivity contribution is -0.130. The Morgan fingerprint density at radius 3 is 2.35 bits per heavy atom. The van der Waals surface area contributed by atoms with Gasteiger partial charge in [0, 0.05) is 74.6 Å². The van der Waals surface area contributed by atoms with Gasteiger partial charge in [0.25, 0.3) is 11.5 Å². The molecule has 3 heterocycles. The first-order valence-corrected chi connectivity index (χ1v) is 19.2. The van der Waals surface area contributed by atoms with Crippen molar-refractivity contribution >= 4 is 5.91 Å². The number of nitriles is 1. The lowest BCUT2D eigenvalue weighted by atomic mass is 9.83. The summed E-state index contributed by atoms with van der Waals surface area (Å²) in [6.45, 7) is 15.7. The molecule has 1 aliphatic carbocycles. The van der Waals surface area contributed by atoms with E-state index in [1.54, 1.807) is 39.7 Å². The van der Waals surface area contributed by atoms with Gasteiger partial charge in [0.15, 0.2) is 0 Å². The monoisotopic (exact) mass is 737 g/mol. The van der Waals surface area contributed by atoms with E-state index in [4.69, 9.17) is 9.47 Å². The predicted molar refractivity (Wildman–Crippen MR) is 210 cm³/mol. The minimum Gasteiger partial charge on any atom is -0.496 e. The molecule has 9 nitrogen and oxygen atoms in total. The van der Waals surface area contributed by atoms with Crippen LogP contribution in [0.1, 0.15) is 80.0 Å². The number of alkyl halides is 1. The van der Waals surface area contributed by atoms with Crippen molar-refractivity contribution in [2.75, 3.05) is 47.1 Å². The van der Waals surface area contributed by atoms with Gasteiger partial charge < -0.3 is 18.9 Å². The Morgan fingerprint density at radius 1 is 1.07 bits per heavy atom. The molecule has 0 unspecified atom stereocenters. The van der Waals surface area contributed by atoms with Crippen LogP contribution < -0.4 is 15.0 Å². The molecule has 1 saturated carbocycles. The van der Waals surface area contributed by atoms with Crippen LogP contribution in [0.4, 0.5) is 4.39 Å². The molecule has 288 valence electrons. The third-order valence-electron chi connectivity index (χ3n) is 12.0. The maximum Gasteiger partial charge on any atom is 0.264 e. The molecule has 1 saturated heterocycles.